The van der Waals surface area contributed by atoms with Crippen molar-refractivity contribution in [2.24, 2.45) is 0 Å². The van der Waals surface area contributed by atoms with Crippen LogP contribution >= 0.6 is 48.8 Å². The first-order valence-corrected chi connectivity index (χ1v) is 8.08. The van der Waals surface area contributed by atoms with Crippen molar-refractivity contribution in [3.8, 4) is 0 Å². The molecule has 0 rings (SSSR count). The molecule has 0 fully saturated rings. The summed E-state index contributed by atoms with van der Waals surface area (Å²) in [5.41, 5.74) is 0. The fourth-order valence-electron chi connectivity index (χ4n) is 0. The third kappa shape index (κ3) is 23.7. The number of rotatable bonds is 0. The van der Waals surface area contributed by atoms with Gasteiger partial charge in [-0.3, -0.25) is 0 Å². The summed E-state index contributed by atoms with van der Waals surface area (Å²) in [4.78, 5) is 0. The Kier molecular flexibility index (Phi) is 3.33. The van der Waals surface area contributed by atoms with Gasteiger partial charge in [-0.1, -0.05) is 0 Å². The van der Waals surface area contributed by atoms with E-state index >= 15 is 0 Å². The van der Waals surface area contributed by atoms with Crippen LogP contribution in [0.1, 0.15) is 0 Å². The van der Waals surface area contributed by atoms with Crippen LogP contribution in [0.25, 0.3) is 0 Å². The third-order valence-electron chi connectivity index (χ3n) is 0. The zero-order valence-electron chi connectivity index (χ0n) is 1.83. The van der Waals surface area contributed by atoms with Gasteiger partial charge in [-0.25, -0.2) is 0 Å². The van der Waals surface area contributed by atoms with E-state index in [0.29, 0.717) is 0 Å². The molecule has 0 aliphatic rings. The fraction of sp³-hybridized carbons (Fsp3) is 0. The van der Waals surface area contributed by atoms with Gasteiger partial charge in [0.05, 0.1) is 0 Å². The SMILES string of the molecule is [Cl][Ni-2]([Cl])([Br])[Br]. The Balaban J connectivity index is 3.02. The molecule has 0 spiro atoms. The zero-order chi connectivity index (χ0) is 4.50. The van der Waals surface area contributed by atoms with Gasteiger partial charge in [-0.05, 0) is 0 Å². The molecule has 0 aromatic heterocycles. The minimum absolute atomic E-state index is 1.68. The molecule has 5 heteroatoms. The molecule has 40 valence electrons. The van der Waals surface area contributed by atoms with Gasteiger partial charge >= 0.3 is 55.9 Å². The van der Waals surface area contributed by atoms with Gasteiger partial charge in [0.2, 0.25) is 0 Å². The number of hydrogen-bond acceptors (Lipinski definition) is 0. The van der Waals surface area contributed by atoms with Crippen molar-refractivity contribution in [2.45, 2.75) is 0 Å². The molecule has 0 aliphatic heterocycles. The first-order chi connectivity index (χ1) is 2.00. The van der Waals surface area contributed by atoms with Gasteiger partial charge in [0, 0.05) is 0 Å². The Hall–Kier alpha value is 2.03. The summed E-state index contributed by atoms with van der Waals surface area (Å²) in [5.74, 6) is 0. The normalized spacial score (nSPS) is 15.2. The second kappa shape index (κ2) is 2.37. The maximum absolute atomic E-state index is 5.22. The van der Waals surface area contributed by atoms with Crippen molar-refractivity contribution in [3.63, 3.8) is 0 Å². The number of halogens is 4. The van der Waals surface area contributed by atoms with Crippen molar-refractivity contribution >= 4 is 48.8 Å². The Morgan fingerprint density at radius 3 is 1.20 bits per heavy atom. The standard InChI is InChI=1S/2BrH.2ClH.Ni/h4*1H;/q;;;;+2/p-4. The Morgan fingerprint density at radius 1 is 1.20 bits per heavy atom. The molecule has 0 amide bonds. The summed E-state index contributed by atoms with van der Waals surface area (Å²) in [6, 6.07) is 0. The van der Waals surface area contributed by atoms with Crippen LogP contribution in [0.5, 0.6) is 0 Å². The second-order valence-electron chi connectivity index (χ2n) is 0.271. The van der Waals surface area contributed by atoms with Crippen LogP contribution in [-0.4, -0.2) is 0 Å². The van der Waals surface area contributed by atoms with Crippen molar-refractivity contribution in [2.75, 3.05) is 0 Å². The topological polar surface area (TPSA) is 0 Å². The predicted molar refractivity (Wildman–Crippen MR) is 29.6 cm³/mol. The maximum atomic E-state index is 5.22. The van der Waals surface area contributed by atoms with E-state index in [0.717, 1.165) is 0 Å². The fourth-order valence-corrected chi connectivity index (χ4v) is 0. The van der Waals surface area contributed by atoms with E-state index in [4.69, 9.17) is 20.4 Å². The molecular weight excluding hydrogens is 289 g/mol. The molecule has 0 aromatic carbocycles. The Morgan fingerprint density at radius 2 is 1.20 bits per heavy atom. The van der Waals surface area contributed by atoms with Crippen LogP contribution in [0, 0.1) is 0 Å². The summed E-state index contributed by atoms with van der Waals surface area (Å²) in [6.07, 6.45) is 0. The molecule has 0 nitrogen and oxygen atoms in total. The molecule has 0 atom stereocenters. The van der Waals surface area contributed by atoms with Crippen LogP contribution < -0.4 is 0 Å². The monoisotopic (exact) mass is 286 g/mol. The summed E-state index contributed by atoms with van der Waals surface area (Å²) in [6.45, 7) is 0. The van der Waals surface area contributed by atoms with Crippen molar-refractivity contribution in [1.29, 1.82) is 0 Å². The summed E-state index contributed by atoms with van der Waals surface area (Å²) in [5, 5.41) is 0. The molecular formula is Br2Cl2Ni-2. The van der Waals surface area contributed by atoms with Gasteiger partial charge in [-0.2, -0.15) is 0 Å². The molecule has 0 aliphatic carbocycles. The molecule has 0 saturated carbocycles. The van der Waals surface area contributed by atoms with Gasteiger partial charge in [0.15, 0.2) is 0 Å². The van der Waals surface area contributed by atoms with Crippen LogP contribution in [0.2, 0.25) is 0 Å². The van der Waals surface area contributed by atoms with E-state index in [1.54, 1.807) is 0 Å². The van der Waals surface area contributed by atoms with Gasteiger partial charge < -0.3 is 0 Å². The average Bonchev–Trinajstić information content (AvgIpc) is 0.722. The van der Waals surface area contributed by atoms with Crippen LogP contribution in [-0.2, 0) is 7.06 Å². The third-order valence-corrected chi connectivity index (χ3v) is 0. The first-order valence-electron chi connectivity index (χ1n) is 0.478. The van der Waals surface area contributed by atoms with Gasteiger partial charge in [0.1, 0.15) is 0 Å². The molecule has 5 heavy (non-hydrogen) atoms. The molecule has 0 unspecified atom stereocenters. The van der Waals surface area contributed by atoms with Crippen molar-refractivity contribution in [3.05, 3.63) is 0 Å². The summed E-state index contributed by atoms with van der Waals surface area (Å²) >= 11 is 5.83. The van der Waals surface area contributed by atoms with Crippen LogP contribution in [0.4, 0.5) is 0 Å². The zero-order valence-corrected chi connectivity index (χ0v) is 7.50. The van der Waals surface area contributed by atoms with Gasteiger partial charge in [-0.15, -0.1) is 0 Å². The van der Waals surface area contributed by atoms with Crippen molar-refractivity contribution in [1.82, 2.24) is 0 Å². The molecule has 0 radical (unpaired) electrons. The Labute approximate surface area is 55.4 Å². The van der Waals surface area contributed by atoms with E-state index in [1.165, 1.54) is 0 Å². The number of hydrogen-bond donors (Lipinski definition) is 0. The Bertz CT molecular complexity index is 23.1. The van der Waals surface area contributed by atoms with Gasteiger partial charge in [0.25, 0.3) is 0 Å². The van der Waals surface area contributed by atoms with E-state index < -0.39 is 7.06 Å². The first kappa shape index (κ1) is 7.03. The van der Waals surface area contributed by atoms with Crippen LogP contribution in [0.15, 0.2) is 0 Å². The predicted octanol–water partition coefficient (Wildman–Crippen LogP) is 3.07. The summed E-state index contributed by atoms with van der Waals surface area (Å²) < 4.78 is 0. The molecule has 0 bridgehead atoms. The molecule has 0 N–H and O–H groups in total. The van der Waals surface area contributed by atoms with Crippen LogP contribution in [0.3, 0.4) is 0 Å². The molecule has 0 aromatic rings. The minimum atomic E-state index is -1.68. The summed E-state index contributed by atoms with van der Waals surface area (Å²) in [7, 11) is 8.76. The van der Waals surface area contributed by atoms with Crippen molar-refractivity contribution < 1.29 is 7.06 Å². The van der Waals surface area contributed by atoms with E-state index in [9.17, 15) is 0 Å². The van der Waals surface area contributed by atoms with E-state index in [1.807, 2.05) is 0 Å². The van der Waals surface area contributed by atoms with E-state index in [-0.39, 0.29) is 0 Å². The molecule has 0 saturated heterocycles. The average molecular weight is 289 g/mol. The van der Waals surface area contributed by atoms with E-state index in [2.05, 4.69) is 28.5 Å². The second-order valence-corrected chi connectivity index (χ2v) is 18.3. The molecule has 0 heterocycles. The quantitative estimate of drug-likeness (QED) is 0.601.